The van der Waals surface area contributed by atoms with Crippen molar-refractivity contribution in [1.29, 1.82) is 0 Å². The number of sulfonamides is 1. The van der Waals surface area contributed by atoms with Gasteiger partial charge in [-0.3, -0.25) is 4.79 Å². The van der Waals surface area contributed by atoms with Crippen molar-refractivity contribution in [2.24, 2.45) is 0 Å². The minimum Gasteiger partial charge on any atom is -0.463 e. The van der Waals surface area contributed by atoms with E-state index in [-0.39, 0.29) is 23.4 Å². The number of carbonyl (C=O) groups excluding carboxylic acids is 1. The van der Waals surface area contributed by atoms with E-state index < -0.39 is 29.2 Å². The molecule has 0 fully saturated rings. The number of benzene rings is 1. The van der Waals surface area contributed by atoms with Crippen LogP contribution >= 0.6 is 11.3 Å². The molecule has 1 N–H and O–H groups in total. The lowest BCUT2D eigenvalue weighted by Crippen LogP contribution is -2.28. The second-order valence-electron chi connectivity index (χ2n) is 6.13. The molecule has 1 heterocycles. The first-order chi connectivity index (χ1) is 13.0. The maximum atomic E-state index is 12.1. The van der Waals surface area contributed by atoms with E-state index in [1.165, 1.54) is 35.6 Å². The Hall–Kier alpha value is -1.98. The van der Waals surface area contributed by atoms with Gasteiger partial charge in [-0.2, -0.15) is 13.2 Å². The predicted octanol–water partition coefficient (Wildman–Crippen LogP) is 3.53. The van der Waals surface area contributed by atoms with E-state index in [2.05, 4.69) is 4.98 Å². The average Bonchev–Trinajstić information content (AvgIpc) is 3.01. The number of esters is 1. The van der Waals surface area contributed by atoms with E-state index in [4.69, 9.17) is 4.74 Å². The van der Waals surface area contributed by atoms with Gasteiger partial charge in [0, 0.05) is 17.5 Å². The average molecular weight is 436 g/mol. The van der Waals surface area contributed by atoms with Crippen molar-refractivity contribution < 1.29 is 31.1 Å². The van der Waals surface area contributed by atoms with Crippen LogP contribution in [0, 0.1) is 0 Å². The molecule has 154 valence electrons. The Morgan fingerprint density at radius 2 is 1.89 bits per heavy atom. The molecule has 0 aliphatic rings. The fraction of sp³-hybridized carbons (Fsp3) is 0.412. The summed E-state index contributed by atoms with van der Waals surface area (Å²) in [7, 11) is -4.03. The molecule has 0 atom stereocenters. The highest BCUT2D eigenvalue weighted by molar-refractivity contribution is 7.89. The number of thiazole rings is 1. The number of nitrogens with one attached hydrogen (secondary N) is 1. The van der Waals surface area contributed by atoms with Gasteiger partial charge in [-0.25, -0.2) is 18.1 Å². The van der Waals surface area contributed by atoms with E-state index in [1.54, 1.807) is 19.2 Å². The first-order valence-electron chi connectivity index (χ1n) is 8.27. The molecule has 2 rings (SSSR count). The zero-order chi connectivity index (χ0) is 20.9. The standard InChI is InChI=1S/C17H19F3N2O4S2/c1-11(2)26-16(23)9-15-22-14(10-27-15)12-3-5-13(6-4-12)28(24,25)21-8-7-17(18,19)20/h3-6,10-11,21H,7-9H2,1-2H3. The summed E-state index contributed by atoms with van der Waals surface area (Å²) in [6.45, 7) is 2.77. The van der Waals surface area contributed by atoms with Crippen LogP contribution < -0.4 is 4.72 Å². The predicted molar refractivity (Wildman–Crippen MR) is 98.3 cm³/mol. The van der Waals surface area contributed by atoms with Crippen LogP contribution in [-0.4, -0.2) is 38.2 Å². The summed E-state index contributed by atoms with van der Waals surface area (Å²) < 4.78 is 67.5. The Bertz CT molecular complexity index is 907. The summed E-state index contributed by atoms with van der Waals surface area (Å²) >= 11 is 1.27. The lowest BCUT2D eigenvalue weighted by Gasteiger charge is -2.09. The van der Waals surface area contributed by atoms with Crippen LogP contribution in [0.25, 0.3) is 11.3 Å². The van der Waals surface area contributed by atoms with E-state index in [0.29, 0.717) is 16.3 Å². The highest BCUT2D eigenvalue weighted by Crippen LogP contribution is 2.24. The molecular weight excluding hydrogens is 417 g/mol. The molecule has 1 aromatic carbocycles. The number of hydrogen-bond acceptors (Lipinski definition) is 6. The molecule has 2 aromatic rings. The molecule has 0 aliphatic carbocycles. The van der Waals surface area contributed by atoms with Gasteiger partial charge in [-0.1, -0.05) is 12.1 Å². The summed E-state index contributed by atoms with van der Waals surface area (Å²) in [6, 6.07) is 5.59. The number of carbonyl (C=O) groups is 1. The number of aromatic nitrogens is 1. The van der Waals surface area contributed by atoms with Crippen molar-refractivity contribution in [3.63, 3.8) is 0 Å². The molecule has 0 aliphatic heterocycles. The van der Waals surface area contributed by atoms with Gasteiger partial charge in [0.2, 0.25) is 10.0 Å². The van der Waals surface area contributed by atoms with Crippen molar-refractivity contribution in [1.82, 2.24) is 9.71 Å². The van der Waals surface area contributed by atoms with Gasteiger partial charge >= 0.3 is 12.1 Å². The summed E-state index contributed by atoms with van der Waals surface area (Å²) in [4.78, 5) is 15.9. The van der Waals surface area contributed by atoms with Crippen LogP contribution in [0.3, 0.4) is 0 Å². The van der Waals surface area contributed by atoms with E-state index in [1.807, 2.05) is 4.72 Å². The van der Waals surface area contributed by atoms with Crippen molar-refractivity contribution in [3.05, 3.63) is 34.7 Å². The number of rotatable bonds is 8. The molecule has 1 aromatic heterocycles. The van der Waals surface area contributed by atoms with Crippen LogP contribution in [0.15, 0.2) is 34.5 Å². The van der Waals surface area contributed by atoms with Gasteiger partial charge in [-0.05, 0) is 26.0 Å². The topological polar surface area (TPSA) is 85.4 Å². The monoisotopic (exact) mass is 436 g/mol. The number of nitrogens with zero attached hydrogens (tertiary/aromatic N) is 1. The zero-order valence-corrected chi connectivity index (χ0v) is 16.7. The summed E-state index contributed by atoms with van der Waals surface area (Å²) in [5.74, 6) is -0.387. The van der Waals surface area contributed by atoms with Crippen molar-refractivity contribution in [2.45, 2.75) is 43.9 Å². The highest BCUT2D eigenvalue weighted by Gasteiger charge is 2.27. The molecule has 0 spiro atoms. The van der Waals surface area contributed by atoms with Gasteiger partial charge in [0.25, 0.3) is 0 Å². The van der Waals surface area contributed by atoms with Crippen molar-refractivity contribution in [2.75, 3.05) is 6.54 Å². The molecule has 0 amide bonds. The van der Waals surface area contributed by atoms with Gasteiger partial charge in [0.15, 0.2) is 0 Å². The lowest BCUT2D eigenvalue weighted by molar-refractivity contribution is -0.146. The molecule has 0 radical (unpaired) electrons. The van der Waals surface area contributed by atoms with Crippen LogP contribution in [0.2, 0.25) is 0 Å². The van der Waals surface area contributed by atoms with Crippen LogP contribution in [-0.2, 0) is 26.0 Å². The quantitative estimate of drug-likeness (QED) is 0.640. The van der Waals surface area contributed by atoms with Gasteiger partial charge < -0.3 is 4.74 Å². The van der Waals surface area contributed by atoms with E-state index >= 15 is 0 Å². The normalized spacial score (nSPS) is 12.4. The van der Waals surface area contributed by atoms with Gasteiger partial charge in [0.05, 0.1) is 29.5 Å². The fourth-order valence-electron chi connectivity index (χ4n) is 2.17. The van der Waals surface area contributed by atoms with Gasteiger partial charge in [0.1, 0.15) is 5.01 Å². The number of alkyl halides is 3. The first-order valence-corrected chi connectivity index (χ1v) is 10.6. The third-order valence-corrected chi connectivity index (χ3v) is 5.70. The Labute approximate surface area is 164 Å². The second kappa shape index (κ2) is 9.01. The number of halogens is 3. The number of ether oxygens (including phenoxy) is 1. The number of hydrogen-bond donors (Lipinski definition) is 1. The van der Waals surface area contributed by atoms with E-state index in [9.17, 15) is 26.4 Å². The van der Waals surface area contributed by atoms with E-state index in [0.717, 1.165) is 0 Å². The maximum Gasteiger partial charge on any atom is 0.390 e. The van der Waals surface area contributed by atoms with Crippen molar-refractivity contribution >= 4 is 27.3 Å². The molecule has 11 heteroatoms. The molecule has 0 saturated carbocycles. The summed E-state index contributed by atoms with van der Waals surface area (Å²) in [6.07, 6.45) is -5.86. The molecule has 0 unspecified atom stereocenters. The maximum absolute atomic E-state index is 12.1. The zero-order valence-electron chi connectivity index (χ0n) is 15.1. The first kappa shape index (κ1) is 22.3. The Kier molecular flexibility index (Phi) is 7.18. The Balaban J connectivity index is 2.03. The molecular formula is C17H19F3N2O4S2. The third-order valence-electron chi connectivity index (χ3n) is 3.38. The SMILES string of the molecule is CC(C)OC(=O)Cc1nc(-c2ccc(S(=O)(=O)NCCC(F)(F)F)cc2)cs1. The fourth-order valence-corrected chi connectivity index (χ4v) is 3.99. The minimum absolute atomic E-state index is 0.0401. The third kappa shape index (κ3) is 6.88. The molecule has 28 heavy (non-hydrogen) atoms. The molecule has 0 saturated heterocycles. The molecule has 6 nitrogen and oxygen atoms in total. The largest absolute Gasteiger partial charge is 0.463 e. The Morgan fingerprint density at radius 1 is 1.25 bits per heavy atom. The van der Waals surface area contributed by atoms with Crippen LogP contribution in [0.4, 0.5) is 13.2 Å². The lowest BCUT2D eigenvalue weighted by atomic mass is 10.2. The van der Waals surface area contributed by atoms with Crippen LogP contribution in [0.5, 0.6) is 0 Å². The van der Waals surface area contributed by atoms with Crippen LogP contribution in [0.1, 0.15) is 25.3 Å². The summed E-state index contributed by atoms with van der Waals surface area (Å²) in [5, 5.41) is 2.29. The molecule has 0 bridgehead atoms. The van der Waals surface area contributed by atoms with Gasteiger partial charge in [-0.15, -0.1) is 11.3 Å². The summed E-state index contributed by atoms with van der Waals surface area (Å²) in [5.41, 5.74) is 1.18. The minimum atomic E-state index is -4.43. The second-order valence-corrected chi connectivity index (χ2v) is 8.84. The van der Waals surface area contributed by atoms with Crippen molar-refractivity contribution in [3.8, 4) is 11.3 Å². The Morgan fingerprint density at radius 3 is 2.46 bits per heavy atom. The highest BCUT2D eigenvalue weighted by atomic mass is 32.2. The smallest absolute Gasteiger partial charge is 0.390 e.